The molecule has 0 spiro atoms. The number of amides is 2. The third kappa shape index (κ3) is 4.31. The Labute approximate surface area is 213 Å². The van der Waals surface area contributed by atoms with Crippen molar-refractivity contribution < 1.29 is 24.2 Å². The van der Waals surface area contributed by atoms with Crippen LogP contribution in [0.25, 0.3) is 22.2 Å². The molecule has 186 valence electrons. The molecule has 0 aliphatic carbocycles. The minimum atomic E-state index is -0.236. The van der Waals surface area contributed by atoms with E-state index in [1.54, 1.807) is 28.0 Å². The van der Waals surface area contributed by atoms with Gasteiger partial charge in [0.05, 0.1) is 22.3 Å². The number of carbonyl (C=O) groups excluding carboxylic acids is 2. The monoisotopic (exact) mass is 495 g/mol. The predicted octanol–water partition coefficient (Wildman–Crippen LogP) is 3.98. The molecule has 0 saturated carbocycles. The summed E-state index contributed by atoms with van der Waals surface area (Å²) in [4.78, 5) is 34.9. The van der Waals surface area contributed by atoms with Crippen molar-refractivity contribution in [1.29, 1.82) is 0 Å². The van der Waals surface area contributed by atoms with Crippen LogP contribution in [0.4, 0.5) is 0 Å². The SMILES string of the molecule is O=C(c1ccccc1O)N1CCN(C(=O)c2cc(-c3ccc4c(c3)OCCO4)nc3ccccc23)CC1. The highest BCUT2D eigenvalue weighted by Gasteiger charge is 2.28. The van der Waals surface area contributed by atoms with E-state index in [9.17, 15) is 14.7 Å². The average Bonchev–Trinajstić information content (AvgIpc) is 2.96. The number of fused-ring (bicyclic) bond motifs is 2. The van der Waals surface area contributed by atoms with Crippen molar-refractivity contribution in [3.05, 3.63) is 83.9 Å². The molecule has 2 amide bonds. The number of ether oxygens (including phenoxy) is 2. The molecule has 1 saturated heterocycles. The first kappa shape index (κ1) is 22.8. The minimum Gasteiger partial charge on any atom is -0.507 e. The second-order valence-electron chi connectivity index (χ2n) is 9.03. The Morgan fingerprint density at radius 3 is 2.14 bits per heavy atom. The van der Waals surface area contributed by atoms with Gasteiger partial charge in [0.25, 0.3) is 11.8 Å². The molecule has 0 unspecified atom stereocenters. The van der Waals surface area contributed by atoms with E-state index in [0.717, 1.165) is 16.5 Å². The van der Waals surface area contributed by atoms with Crippen molar-refractivity contribution in [2.75, 3.05) is 39.4 Å². The Hall–Kier alpha value is -4.59. The summed E-state index contributed by atoms with van der Waals surface area (Å²) in [5.74, 6) is 0.980. The molecule has 3 aromatic carbocycles. The summed E-state index contributed by atoms with van der Waals surface area (Å²) >= 11 is 0. The highest BCUT2D eigenvalue weighted by Crippen LogP contribution is 2.35. The zero-order chi connectivity index (χ0) is 25.4. The molecule has 0 radical (unpaired) electrons. The summed E-state index contributed by atoms with van der Waals surface area (Å²) in [6.45, 7) is 2.57. The average molecular weight is 496 g/mol. The van der Waals surface area contributed by atoms with E-state index in [0.29, 0.717) is 62.1 Å². The van der Waals surface area contributed by atoms with Crippen LogP contribution in [0.15, 0.2) is 72.8 Å². The van der Waals surface area contributed by atoms with Crippen molar-refractivity contribution in [2.24, 2.45) is 0 Å². The van der Waals surface area contributed by atoms with Gasteiger partial charge in [-0.1, -0.05) is 30.3 Å². The van der Waals surface area contributed by atoms with Crippen LogP contribution >= 0.6 is 0 Å². The highest BCUT2D eigenvalue weighted by molar-refractivity contribution is 6.07. The topological polar surface area (TPSA) is 92.2 Å². The molecule has 2 aliphatic heterocycles. The Morgan fingerprint density at radius 2 is 1.38 bits per heavy atom. The number of hydrogen-bond donors (Lipinski definition) is 1. The zero-order valence-electron chi connectivity index (χ0n) is 20.1. The third-order valence-electron chi connectivity index (χ3n) is 6.77. The van der Waals surface area contributed by atoms with E-state index in [1.807, 2.05) is 48.5 Å². The third-order valence-corrected chi connectivity index (χ3v) is 6.77. The van der Waals surface area contributed by atoms with Crippen LogP contribution in [0.5, 0.6) is 17.2 Å². The van der Waals surface area contributed by atoms with Crippen molar-refractivity contribution >= 4 is 22.7 Å². The first-order valence-electron chi connectivity index (χ1n) is 12.2. The molecular weight excluding hydrogens is 470 g/mol. The van der Waals surface area contributed by atoms with Gasteiger partial charge in [-0.25, -0.2) is 4.98 Å². The molecule has 2 aliphatic rings. The van der Waals surface area contributed by atoms with Gasteiger partial charge in [-0.2, -0.15) is 0 Å². The van der Waals surface area contributed by atoms with Gasteiger partial charge in [0, 0.05) is 37.1 Å². The Balaban J connectivity index is 1.27. The number of aromatic hydroxyl groups is 1. The van der Waals surface area contributed by atoms with Crippen LogP contribution in [0, 0.1) is 0 Å². The number of carbonyl (C=O) groups is 2. The number of phenolic OH excluding ortho intramolecular Hbond substituents is 1. The number of rotatable bonds is 3. The minimum absolute atomic E-state index is 0.0408. The highest BCUT2D eigenvalue weighted by atomic mass is 16.6. The number of piperazine rings is 1. The van der Waals surface area contributed by atoms with Gasteiger partial charge in [-0.3, -0.25) is 9.59 Å². The summed E-state index contributed by atoms with van der Waals surface area (Å²) in [7, 11) is 0. The summed E-state index contributed by atoms with van der Waals surface area (Å²) in [6.07, 6.45) is 0. The molecular formula is C29H25N3O5. The normalized spacial score (nSPS) is 15.0. The smallest absolute Gasteiger partial charge is 0.257 e. The molecule has 3 heterocycles. The number of benzene rings is 3. The van der Waals surface area contributed by atoms with Crippen LogP contribution in [0.3, 0.4) is 0 Å². The summed E-state index contributed by atoms with van der Waals surface area (Å²) in [6, 6.07) is 21.6. The quantitative estimate of drug-likeness (QED) is 0.462. The van der Waals surface area contributed by atoms with Gasteiger partial charge in [-0.05, 0) is 42.5 Å². The fourth-order valence-electron chi connectivity index (χ4n) is 4.81. The lowest BCUT2D eigenvalue weighted by Gasteiger charge is -2.35. The van der Waals surface area contributed by atoms with Gasteiger partial charge in [-0.15, -0.1) is 0 Å². The molecule has 4 aromatic rings. The van der Waals surface area contributed by atoms with Crippen LogP contribution in [0.1, 0.15) is 20.7 Å². The lowest BCUT2D eigenvalue weighted by atomic mass is 10.0. The van der Waals surface area contributed by atoms with E-state index in [4.69, 9.17) is 14.5 Å². The molecule has 37 heavy (non-hydrogen) atoms. The van der Waals surface area contributed by atoms with Gasteiger partial charge >= 0.3 is 0 Å². The van der Waals surface area contributed by atoms with Crippen LogP contribution in [-0.4, -0.2) is 71.1 Å². The lowest BCUT2D eigenvalue weighted by Crippen LogP contribution is -2.50. The molecule has 8 heteroatoms. The van der Waals surface area contributed by atoms with Gasteiger partial charge in [0.1, 0.15) is 19.0 Å². The van der Waals surface area contributed by atoms with Crippen molar-refractivity contribution in [3.63, 3.8) is 0 Å². The maximum absolute atomic E-state index is 13.7. The fraction of sp³-hybridized carbons (Fsp3) is 0.207. The van der Waals surface area contributed by atoms with Crippen LogP contribution in [0.2, 0.25) is 0 Å². The summed E-state index contributed by atoms with van der Waals surface area (Å²) in [5.41, 5.74) is 3.07. The molecule has 8 nitrogen and oxygen atoms in total. The van der Waals surface area contributed by atoms with Gasteiger partial charge in [0.15, 0.2) is 11.5 Å². The Bertz CT molecular complexity index is 1510. The van der Waals surface area contributed by atoms with Crippen molar-refractivity contribution in [3.8, 4) is 28.5 Å². The second-order valence-corrected chi connectivity index (χ2v) is 9.03. The molecule has 0 atom stereocenters. The second kappa shape index (κ2) is 9.46. The first-order valence-corrected chi connectivity index (χ1v) is 12.2. The number of aromatic nitrogens is 1. The fourth-order valence-corrected chi connectivity index (χ4v) is 4.81. The van der Waals surface area contributed by atoms with E-state index < -0.39 is 0 Å². The predicted molar refractivity (Wildman–Crippen MR) is 138 cm³/mol. The number of pyridine rings is 1. The summed E-state index contributed by atoms with van der Waals surface area (Å²) in [5, 5.41) is 10.8. The summed E-state index contributed by atoms with van der Waals surface area (Å²) < 4.78 is 11.4. The van der Waals surface area contributed by atoms with E-state index >= 15 is 0 Å². The number of para-hydroxylation sites is 2. The Kier molecular flexibility index (Phi) is 5.84. The van der Waals surface area contributed by atoms with E-state index in [2.05, 4.69) is 0 Å². The van der Waals surface area contributed by atoms with Crippen LogP contribution < -0.4 is 9.47 Å². The molecule has 6 rings (SSSR count). The molecule has 1 aromatic heterocycles. The maximum Gasteiger partial charge on any atom is 0.257 e. The van der Waals surface area contributed by atoms with E-state index in [1.165, 1.54) is 6.07 Å². The Morgan fingerprint density at radius 1 is 0.730 bits per heavy atom. The standard InChI is InChI=1S/C29H25N3O5/c33-25-8-4-2-6-21(25)28(34)31-11-13-32(14-12-31)29(35)22-18-24(30-23-7-3-1-5-20(22)23)19-9-10-26-27(17-19)37-16-15-36-26/h1-10,17-18,33H,11-16H2. The molecule has 1 fully saturated rings. The maximum atomic E-state index is 13.7. The van der Waals surface area contributed by atoms with Gasteiger partial charge < -0.3 is 24.4 Å². The zero-order valence-corrected chi connectivity index (χ0v) is 20.1. The molecule has 1 N–H and O–H groups in total. The van der Waals surface area contributed by atoms with Crippen molar-refractivity contribution in [1.82, 2.24) is 14.8 Å². The first-order chi connectivity index (χ1) is 18.1. The van der Waals surface area contributed by atoms with Crippen LogP contribution in [-0.2, 0) is 0 Å². The number of hydrogen-bond acceptors (Lipinski definition) is 6. The largest absolute Gasteiger partial charge is 0.507 e. The van der Waals surface area contributed by atoms with Gasteiger partial charge in [0.2, 0.25) is 0 Å². The molecule has 0 bridgehead atoms. The van der Waals surface area contributed by atoms with E-state index in [-0.39, 0.29) is 23.1 Å². The lowest BCUT2D eigenvalue weighted by molar-refractivity contribution is 0.0534. The number of phenols is 1. The number of nitrogens with zero attached hydrogens (tertiary/aromatic N) is 3. The van der Waals surface area contributed by atoms with Crippen molar-refractivity contribution in [2.45, 2.75) is 0 Å².